The molecule has 2 heterocycles. The average molecular weight is 423 g/mol. The third-order valence-corrected chi connectivity index (χ3v) is 5.09. The lowest BCUT2D eigenvalue weighted by molar-refractivity contribution is -0.123. The van der Waals surface area contributed by atoms with Gasteiger partial charge < -0.3 is 15.2 Å². The van der Waals surface area contributed by atoms with Gasteiger partial charge in [-0.3, -0.25) is 9.59 Å². The lowest BCUT2D eigenvalue weighted by Crippen LogP contribution is -2.47. The Balaban J connectivity index is 1.69. The number of nitrogens with zero attached hydrogens (tertiary/aromatic N) is 3. The van der Waals surface area contributed by atoms with Crippen LogP contribution in [0.3, 0.4) is 0 Å². The van der Waals surface area contributed by atoms with Gasteiger partial charge in [0.2, 0.25) is 11.7 Å². The van der Waals surface area contributed by atoms with E-state index in [1.807, 2.05) is 37.4 Å². The molecule has 3 rings (SSSR count). The van der Waals surface area contributed by atoms with Gasteiger partial charge in [-0.15, -0.1) is 11.3 Å². The summed E-state index contributed by atoms with van der Waals surface area (Å²) in [5, 5.41) is 19.8. The minimum Gasteiger partial charge on any atom is -0.341 e. The van der Waals surface area contributed by atoms with Crippen molar-refractivity contribution in [3.63, 3.8) is 0 Å². The van der Waals surface area contributed by atoms with Crippen molar-refractivity contribution in [3.8, 4) is 28.2 Å². The summed E-state index contributed by atoms with van der Waals surface area (Å²) < 4.78 is 5.29. The summed E-state index contributed by atoms with van der Waals surface area (Å²) in [7, 11) is 0. The van der Waals surface area contributed by atoms with Gasteiger partial charge in [0.15, 0.2) is 0 Å². The third-order valence-electron chi connectivity index (χ3n) is 4.23. The maximum absolute atomic E-state index is 12.6. The summed E-state index contributed by atoms with van der Waals surface area (Å²) >= 11 is 1.51. The molecule has 0 aliphatic carbocycles. The number of benzene rings is 1. The van der Waals surface area contributed by atoms with Gasteiger partial charge in [0, 0.05) is 11.1 Å². The van der Waals surface area contributed by atoms with Crippen LogP contribution in [0.25, 0.3) is 22.2 Å². The van der Waals surface area contributed by atoms with Gasteiger partial charge in [-0.1, -0.05) is 37.2 Å². The molecule has 1 atom stereocenters. The second-order valence-corrected chi connectivity index (χ2v) is 7.96. The van der Waals surface area contributed by atoms with Gasteiger partial charge in [0.1, 0.15) is 12.6 Å². The maximum Gasteiger partial charge on any atom is 0.268 e. The molecule has 0 aliphatic heterocycles. The number of carbonyl (C=O) groups is 2. The second kappa shape index (κ2) is 9.80. The molecular formula is C21H21N5O3S. The van der Waals surface area contributed by atoms with Crippen molar-refractivity contribution in [2.24, 2.45) is 5.92 Å². The first-order valence-corrected chi connectivity index (χ1v) is 10.3. The molecular weight excluding hydrogens is 402 g/mol. The maximum atomic E-state index is 12.6. The highest BCUT2D eigenvalue weighted by Gasteiger charge is 2.22. The zero-order valence-corrected chi connectivity index (χ0v) is 17.4. The molecule has 0 radical (unpaired) electrons. The van der Waals surface area contributed by atoms with E-state index in [1.54, 1.807) is 24.3 Å². The van der Waals surface area contributed by atoms with Crippen LogP contribution >= 0.6 is 11.3 Å². The molecule has 0 spiro atoms. The molecule has 2 amide bonds. The van der Waals surface area contributed by atoms with Crippen molar-refractivity contribution in [1.29, 1.82) is 5.26 Å². The van der Waals surface area contributed by atoms with Crippen LogP contribution < -0.4 is 10.6 Å². The SMILES string of the molecule is CC(C)CC(NC(=O)c1ccc(-c2noc(-c3cccs3)n2)cc1)C(=O)NCC#N. The summed E-state index contributed by atoms with van der Waals surface area (Å²) in [6.45, 7) is 3.82. The standard InChI is InChI=1S/C21H21N5O3S/c1-13(2)12-16(20(28)23-10-9-22)24-19(27)15-7-5-14(6-8-15)18-25-21(29-26-18)17-4-3-11-30-17/h3-8,11,13,16H,10,12H2,1-2H3,(H,23,28)(H,24,27). The largest absolute Gasteiger partial charge is 0.341 e. The molecule has 1 unspecified atom stereocenters. The highest BCUT2D eigenvalue weighted by atomic mass is 32.1. The molecule has 0 saturated heterocycles. The predicted molar refractivity (Wildman–Crippen MR) is 112 cm³/mol. The van der Waals surface area contributed by atoms with Crippen molar-refractivity contribution in [1.82, 2.24) is 20.8 Å². The van der Waals surface area contributed by atoms with Crippen molar-refractivity contribution in [2.75, 3.05) is 6.54 Å². The Labute approximate surface area is 177 Å². The number of carbonyl (C=O) groups excluding carboxylic acids is 2. The monoisotopic (exact) mass is 423 g/mol. The zero-order valence-electron chi connectivity index (χ0n) is 16.6. The number of nitrogens with one attached hydrogen (secondary N) is 2. The fraction of sp³-hybridized carbons (Fsp3) is 0.286. The molecule has 3 aromatic rings. The number of amides is 2. The Morgan fingerprint density at radius 2 is 2.00 bits per heavy atom. The lowest BCUT2D eigenvalue weighted by atomic mass is 10.0. The highest BCUT2D eigenvalue weighted by Crippen LogP contribution is 2.25. The van der Waals surface area contributed by atoms with Crippen LogP contribution in [-0.4, -0.2) is 34.5 Å². The molecule has 0 saturated carbocycles. The summed E-state index contributed by atoms with van der Waals surface area (Å²) in [6, 6.07) is 11.7. The van der Waals surface area contributed by atoms with Gasteiger partial charge in [-0.05, 0) is 35.9 Å². The molecule has 2 N–H and O–H groups in total. The van der Waals surface area contributed by atoms with E-state index >= 15 is 0 Å². The van der Waals surface area contributed by atoms with Gasteiger partial charge in [0.25, 0.3) is 11.8 Å². The number of rotatable bonds is 8. The molecule has 2 aromatic heterocycles. The van der Waals surface area contributed by atoms with Gasteiger partial charge in [-0.2, -0.15) is 10.2 Å². The third kappa shape index (κ3) is 5.30. The van der Waals surface area contributed by atoms with Gasteiger partial charge in [-0.25, -0.2) is 0 Å². The smallest absolute Gasteiger partial charge is 0.268 e. The summed E-state index contributed by atoms with van der Waals surface area (Å²) in [6.07, 6.45) is 0.468. The quantitative estimate of drug-likeness (QED) is 0.537. The topological polar surface area (TPSA) is 121 Å². The van der Waals surface area contributed by atoms with E-state index in [1.165, 1.54) is 11.3 Å². The van der Waals surface area contributed by atoms with Crippen molar-refractivity contribution < 1.29 is 14.1 Å². The van der Waals surface area contributed by atoms with E-state index in [0.29, 0.717) is 29.3 Å². The fourth-order valence-electron chi connectivity index (χ4n) is 2.81. The van der Waals surface area contributed by atoms with Crippen LogP contribution in [0, 0.1) is 17.2 Å². The zero-order chi connectivity index (χ0) is 21.5. The van der Waals surface area contributed by atoms with Crippen LogP contribution in [0.1, 0.15) is 30.6 Å². The minimum absolute atomic E-state index is 0.101. The molecule has 0 aliphatic rings. The molecule has 0 bridgehead atoms. The molecule has 1 aromatic carbocycles. The van der Waals surface area contributed by atoms with Crippen molar-refractivity contribution >= 4 is 23.2 Å². The average Bonchev–Trinajstić information content (AvgIpc) is 3.43. The number of thiophene rings is 1. The van der Waals surface area contributed by atoms with E-state index in [2.05, 4.69) is 20.8 Å². The Bertz CT molecular complexity index is 1040. The van der Waals surface area contributed by atoms with E-state index in [9.17, 15) is 9.59 Å². The van der Waals surface area contributed by atoms with Crippen LogP contribution in [0.2, 0.25) is 0 Å². The first kappa shape index (κ1) is 21.2. The number of hydrogen-bond acceptors (Lipinski definition) is 7. The van der Waals surface area contributed by atoms with E-state index in [0.717, 1.165) is 4.88 Å². The Morgan fingerprint density at radius 1 is 1.23 bits per heavy atom. The molecule has 0 fully saturated rings. The van der Waals surface area contributed by atoms with Gasteiger partial charge >= 0.3 is 0 Å². The number of hydrogen-bond donors (Lipinski definition) is 2. The summed E-state index contributed by atoms with van der Waals surface area (Å²) in [5.41, 5.74) is 1.12. The van der Waals surface area contributed by atoms with Gasteiger partial charge in [0.05, 0.1) is 10.9 Å². The fourth-order valence-corrected chi connectivity index (χ4v) is 3.45. The molecule has 8 nitrogen and oxygen atoms in total. The minimum atomic E-state index is -0.712. The number of aromatic nitrogens is 2. The normalized spacial score (nSPS) is 11.7. The lowest BCUT2D eigenvalue weighted by Gasteiger charge is -2.19. The highest BCUT2D eigenvalue weighted by molar-refractivity contribution is 7.13. The molecule has 9 heteroatoms. The van der Waals surface area contributed by atoms with Crippen molar-refractivity contribution in [2.45, 2.75) is 26.3 Å². The van der Waals surface area contributed by atoms with Crippen LogP contribution in [0.15, 0.2) is 46.3 Å². The second-order valence-electron chi connectivity index (χ2n) is 7.01. The Hall–Kier alpha value is -3.51. The van der Waals surface area contributed by atoms with E-state index < -0.39 is 6.04 Å². The molecule has 154 valence electrons. The van der Waals surface area contributed by atoms with E-state index in [4.69, 9.17) is 9.78 Å². The Morgan fingerprint density at radius 3 is 2.63 bits per heavy atom. The number of nitriles is 1. The summed E-state index contributed by atoms with van der Waals surface area (Å²) in [4.78, 5) is 30.1. The predicted octanol–water partition coefficient (Wildman–Crippen LogP) is 3.25. The first-order valence-electron chi connectivity index (χ1n) is 9.41. The van der Waals surface area contributed by atoms with Crippen LogP contribution in [-0.2, 0) is 4.79 Å². The first-order chi connectivity index (χ1) is 14.5. The van der Waals surface area contributed by atoms with E-state index in [-0.39, 0.29) is 24.3 Å². The Kier molecular flexibility index (Phi) is 6.93. The van der Waals surface area contributed by atoms with Crippen molar-refractivity contribution in [3.05, 3.63) is 47.3 Å². The molecule has 30 heavy (non-hydrogen) atoms. The van der Waals surface area contributed by atoms with Crippen LogP contribution in [0.4, 0.5) is 0 Å². The van der Waals surface area contributed by atoms with Crippen LogP contribution in [0.5, 0.6) is 0 Å². The summed E-state index contributed by atoms with van der Waals surface area (Å²) in [5.74, 6) is 0.330.